The van der Waals surface area contributed by atoms with Crippen molar-refractivity contribution >= 4 is 131 Å². The molecule has 12 nitrogen and oxygen atoms in total. The van der Waals surface area contributed by atoms with Crippen molar-refractivity contribution in [2.45, 2.75) is 0 Å². The van der Waals surface area contributed by atoms with Gasteiger partial charge in [-0.3, -0.25) is 39.9 Å². The molecule has 0 N–H and O–H groups in total. The van der Waals surface area contributed by atoms with Crippen molar-refractivity contribution in [1.82, 2.24) is 59.8 Å². The molecule has 0 fully saturated rings. The Morgan fingerprint density at radius 2 is 0.420 bits per heavy atom. The number of benzene rings is 5. The number of nitrogens with zero attached hydrogens (tertiary/aromatic N) is 12. The van der Waals surface area contributed by atoms with E-state index in [2.05, 4.69) is 88.4 Å². The van der Waals surface area contributed by atoms with E-state index in [9.17, 15) is 0 Å². The molecule has 10 heterocycles. The van der Waals surface area contributed by atoms with Crippen LogP contribution in [0.2, 0.25) is 0 Å². The third-order valence-electron chi connectivity index (χ3n) is 11.8. The van der Waals surface area contributed by atoms with Gasteiger partial charge in [0.2, 0.25) is 0 Å². The van der Waals surface area contributed by atoms with Gasteiger partial charge in [0.15, 0.2) is 0 Å². The number of rotatable bonds is 0. The van der Waals surface area contributed by atoms with Gasteiger partial charge in [-0.05, 0) is 84.9 Å². The first-order valence-corrected chi connectivity index (χ1v) is 21.3. The van der Waals surface area contributed by atoms with Crippen LogP contribution in [0.1, 0.15) is 0 Å². The van der Waals surface area contributed by atoms with Gasteiger partial charge < -0.3 is 24.8 Å². The molecule has 0 aliphatic carbocycles. The summed E-state index contributed by atoms with van der Waals surface area (Å²) in [5.74, 6) is 0. The second kappa shape index (κ2) is 18.5. The smallest absolute Gasteiger partial charge is 1.00 e. The monoisotopic (exact) mass is 1020 g/mol. The van der Waals surface area contributed by atoms with Crippen LogP contribution in [0, 0.1) is 0 Å². The van der Waals surface area contributed by atoms with E-state index in [1.165, 1.54) is 0 Å². The largest absolute Gasteiger partial charge is 2.00 e. The number of aromatic nitrogens is 12. The molecule has 0 bridgehead atoms. The average molecular weight is 1020 g/mol. The summed E-state index contributed by atoms with van der Waals surface area (Å²) in [6.45, 7) is 0. The molecule has 0 atom stereocenters. The molecule has 69 heavy (non-hydrogen) atoms. The fourth-order valence-electron chi connectivity index (χ4n) is 8.86. The standard InChI is InChI=1S/C30H14N8.2C12H8N2.2ClH.Ru/c1-5-15-23(31-9-1)24-16(6-2-10-32-24)28-27(15)35-19-13-21-22(14-20(19)36-28)38-30-18-8-4-12-34-26(18)25-17(29(30)37-21)7-3-11-33-25;2*1-3-9-5-6-10-4-2-8-14-12(10)11(9)13-7-1;;;/h1-14H;2*1-8H;2*1H;/q;;;;;+2/p-2. The van der Waals surface area contributed by atoms with Crippen LogP contribution in [0.5, 0.6) is 0 Å². The van der Waals surface area contributed by atoms with Gasteiger partial charge in [-0.25, -0.2) is 19.9 Å². The van der Waals surface area contributed by atoms with Crippen molar-refractivity contribution < 1.29 is 44.3 Å². The minimum atomic E-state index is 0. The quantitative estimate of drug-likeness (QED) is 0.105. The van der Waals surface area contributed by atoms with Crippen LogP contribution in [-0.2, 0) is 19.5 Å². The molecule has 15 aromatic rings. The van der Waals surface area contributed by atoms with Gasteiger partial charge in [-0.2, -0.15) is 0 Å². The molecule has 0 amide bonds. The maximum Gasteiger partial charge on any atom is 2.00 e. The maximum absolute atomic E-state index is 5.08. The normalized spacial score (nSPS) is 11.1. The molecule has 5 aromatic carbocycles. The zero-order valence-electron chi connectivity index (χ0n) is 35.8. The number of pyridine rings is 8. The topological polar surface area (TPSA) is 155 Å². The third kappa shape index (κ3) is 7.63. The van der Waals surface area contributed by atoms with E-state index < -0.39 is 0 Å². The molecular weight excluding hydrogens is 989 g/mol. The molecular formula is C54H30Cl2N12Ru. The zero-order valence-corrected chi connectivity index (χ0v) is 39.0. The summed E-state index contributed by atoms with van der Waals surface area (Å²) in [6.07, 6.45) is 14.3. The maximum atomic E-state index is 5.08. The Bertz CT molecular complexity index is 3910. The molecule has 0 unspecified atom stereocenters. The fraction of sp³-hybridized carbons (Fsp3) is 0. The Hall–Kier alpha value is -8.22. The van der Waals surface area contributed by atoms with E-state index in [4.69, 9.17) is 19.9 Å². The van der Waals surface area contributed by atoms with Crippen LogP contribution < -0.4 is 24.8 Å². The van der Waals surface area contributed by atoms with E-state index in [-0.39, 0.29) is 44.3 Å². The fourth-order valence-corrected chi connectivity index (χ4v) is 8.86. The van der Waals surface area contributed by atoms with E-state index in [1.54, 1.807) is 49.6 Å². The minimum Gasteiger partial charge on any atom is -1.00 e. The molecule has 15 heteroatoms. The first kappa shape index (κ1) is 44.6. The van der Waals surface area contributed by atoms with Gasteiger partial charge in [0.1, 0.15) is 0 Å². The molecule has 0 saturated heterocycles. The van der Waals surface area contributed by atoms with Gasteiger partial charge in [-0.15, -0.1) is 0 Å². The van der Waals surface area contributed by atoms with Gasteiger partial charge in [0.25, 0.3) is 0 Å². The van der Waals surface area contributed by atoms with Crippen LogP contribution in [-0.4, -0.2) is 59.8 Å². The van der Waals surface area contributed by atoms with E-state index >= 15 is 0 Å². The summed E-state index contributed by atoms with van der Waals surface area (Å²) >= 11 is 0. The molecule has 0 aliphatic heterocycles. The number of halogens is 2. The van der Waals surface area contributed by atoms with E-state index in [0.717, 1.165) is 131 Å². The molecule has 0 aliphatic rings. The molecule has 0 radical (unpaired) electrons. The number of fused-ring (bicyclic) bond motifs is 20. The van der Waals surface area contributed by atoms with Crippen LogP contribution in [0.15, 0.2) is 183 Å². The summed E-state index contributed by atoms with van der Waals surface area (Å²) in [4.78, 5) is 56.2. The summed E-state index contributed by atoms with van der Waals surface area (Å²) in [5.41, 5.74) is 13.3. The van der Waals surface area contributed by atoms with Gasteiger partial charge in [0, 0.05) is 92.7 Å². The first-order chi connectivity index (χ1) is 32.7. The molecule has 328 valence electrons. The van der Waals surface area contributed by atoms with Crippen molar-refractivity contribution in [1.29, 1.82) is 0 Å². The van der Waals surface area contributed by atoms with Crippen LogP contribution in [0.4, 0.5) is 0 Å². The Morgan fingerprint density at radius 3 is 0.652 bits per heavy atom. The Balaban J connectivity index is 0.000000146. The zero-order chi connectivity index (χ0) is 43.6. The second-order valence-electron chi connectivity index (χ2n) is 15.7. The van der Waals surface area contributed by atoms with Gasteiger partial charge in [-0.1, -0.05) is 48.5 Å². The Morgan fingerprint density at radius 1 is 0.217 bits per heavy atom. The summed E-state index contributed by atoms with van der Waals surface area (Å²) in [6, 6.07) is 44.0. The second-order valence-corrected chi connectivity index (χ2v) is 15.7. The van der Waals surface area contributed by atoms with E-state index in [0.29, 0.717) is 0 Å². The van der Waals surface area contributed by atoms with Gasteiger partial charge in [0.05, 0.1) is 88.3 Å². The van der Waals surface area contributed by atoms with Crippen molar-refractivity contribution in [2.24, 2.45) is 0 Å². The summed E-state index contributed by atoms with van der Waals surface area (Å²) in [7, 11) is 0. The van der Waals surface area contributed by atoms with Crippen LogP contribution in [0.25, 0.3) is 131 Å². The van der Waals surface area contributed by atoms with Crippen LogP contribution >= 0.6 is 0 Å². The van der Waals surface area contributed by atoms with Gasteiger partial charge >= 0.3 is 19.5 Å². The summed E-state index contributed by atoms with van der Waals surface area (Å²) in [5, 5.41) is 8.23. The van der Waals surface area contributed by atoms with Crippen molar-refractivity contribution in [3.05, 3.63) is 183 Å². The number of hydrogen-bond acceptors (Lipinski definition) is 12. The van der Waals surface area contributed by atoms with Crippen molar-refractivity contribution in [3.8, 4) is 0 Å². The van der Waals surface area contributed by atoms with Crippen LogP contribution in [0.3, 0.4) is 0 Å². The summed E-state index contributed by atoms with van der Waals surface area (Å²) < 4.78 is 0. The predicted molar refractivity (Wildman–Crippen MR) is 263 cm³/mol. The molecule has 15 rings (SSSR count). The Labute approximate surface area is 416 Å². The van der Waals surface area contributed by atoms with Crippen molar-refractivity contribution in [3.63, 3.8) is 0 Å². The third-order valence-corrected chi connectivity index (χ3v) is 11.8. The van der Waals surface area contributed by atoms with E-state index in [1.807, 2.05) is 84.9 Å². The predicted octanol–water partition coefficient (Wildman–Crippen LogP) is 5.64. The Kier molecular flexibility index (Phi) is 11.9. The molecule has 10 aromatic heterocycles. The average Bonchev–Trinajstić information content (AvgIpc) is 3.40. The SMILES string of the molecule is [Cl-].[Cl-].[Ru+2].c1cnc2c(c1)c1nc3cc4nc5c6cccnc6c6ncccc6c5nc4cc3nc1c1cccnc12.c1cnc2c(c1)ccc1cccnc12.c1cnc2c(c1)ccc1cccnc12. The molecule has 0 spiro atoms. The first-order valence-electron chi connectivity index (χ1n) is 21.3. The molecule has 0 saturated carbocycles. The minimum absolute atomic E-state index is 0. The van der Waals surface area contributed by atoms with Crippen molar-refractivity contribution in [2.75, 3.05) is 0 Å². The number of hydrogen-bond donors (Lipinski definition) is 0.